The van der Waals surface area contributed by atoms with Crippen LogP contribution in [0.15, 0.2) is 30.3 Å². The Kier molecular flexibility index (Phi) is 4.89. The second-order valence-electron chi connectivity index (χ2n) is 4.43. The Balaban J connectivity index is 2.03. The molecule has 3 heteroatoms. The summed E-state index contributed by atoms with van der Waals surface area (Å²) in [5, 5.41) is 0. The molecular formula is C14H20O2S. The van der Waals surface area contributed by atoms with Crippen LogP contribution in [0.2, 0.25) is 0 Å². The van der Waals surface area contributed by atoms with Crippen molar-refractivity contribution >= 4 is 12.6 Å². The highest BCUT2D eigenvalue weighted by Crippen LogP contribution is 2.32. The van der Waals surface area contributed by atoms with Crippen LogP contribution < -0.4 is 0 Å². The van der Waals surface area contributed by atoms with E-state index in [1.807, 2.05) is 18.2 Å². The van der Waals surface area contributed by atoms with Gasteiger partial charge in [-0.1, -0.05) is 37.3 Å². The van der Waals surface area contributed by atoms with Crippen molar-refractivity contribution in [2.75, 3.05) is 12.4 Å². The van der Waals surface area contributed by atoms with Gasteiger partial charge in [0.05, 0.1) is 12.7 Å². The second kappa shape index (κ2) is 6.43. The number of ether oxygens (including phenoxy) is 2. The second-order valence-corrected chi connectivity index (χ2v) is 4.88. The van der Waals surface area contributed by atoms with Gasteiger partial charge in [0.2, 0.25) is 0 Å². The molecule has 0 aromatic heterocycles. The van der Waals surface area contributed by atoms with Crippen LogP contribution in [0.5, 0.6) is 0 Å². The van der Waals surface area contributed by atoms with Crippen LogP contribution >= 0.6 is 12.6 Å². The normalized spacial score (nSPS) is 29.2. The molecule has 1 saturated heterocycles. The summed E-state index contributed by atoms with van der Waals surface area (Å²) in [5.41, 5.74) is 1.10. The topological polar surface area (TPSA) is 18.5 Å². The van der Waals surface area contributed by atoms with Gasteiger partial charge in [-0.2, -0.15) is 12.6 Å². The van der Waals surface area contributed by atoms with Crippen LogP contribution in [-0.4, -0.2) is 18.5 Å². The molecule has 1 aliphatic rings. The Hall–Kier alpha value is -0.510. The fraction of sp³-hybridized carbons (Fsp3) is 0.571. The van der Waals surface area contributed by atoms with E-state index in [1.54, 1.807) is 0 Å². The molecule has 0 N–H and O–H groups in total. The summed E-state index contributed by atoms with van der Waals surface area (Å²) in [7, 11) is 0. The van der Waals surface area contributed by atoms with E-state index in [2.05, 4.69) is 31.7 Å². The van der Waals surface area contributed by atoms with Gasteiger partial charge in [0.1, 0.15) is 0 Å². The van der Waals surface area contributed by atoms with Crippen molar-refractivity contribution in [2.45, 2.75) is 32.2 Å². The minimum atomic E-state index is -0.205. The molecule has 0 saturated carbocycles. The Morgan fingerprint density at radius 3 is 2.71 bits per heavy atom. The molecule has 17 heavy (non-hydrogen) atoms. The Bertz CT molecular complexity index is 328. The monoisotopic (exact) mass is 252 g/mol. The maximum absolute atomic E-state index is 6.05. The van der Waals surface area contributed by atoms with Crippen LogP contribution in [0.4, 0.5) is 0 Å². The molecule has 0 spiro atoms. The minimum Gasteiger partial charge on any atom is -0.348 e. The number of hydrogen-bond acceptors (Lipinski definition) is 3. The van der Waals surface area contributed by atoms with Crippen molar-refractivity contribution in [3.05, 3.63) is 35.9 Å². The van der Waals surface area contributed by atoms with Crippen LogP contribution in [0.25, 0.3) is 0 Å². The predicted molar refractivity (Wildman–Crippen MR) is 72.3 cm³/mol. The molecular weight excluding hydrogens is 232 g/mol. The van der Waals surface area contributed by atoms with Gasteiger partial charge in [-0.05, 0) is 18.6 Å². The third kappa shape index (κ3) is 3.24. The molecule has 1 heterocycles. The van der Waals surface area contributed by atoms with E-state index in [4.69, 9.17) is 9.47 Å². The van der Waals surface area contributed by atoms with E-state index in [-0.39, 0.29) is 12.4 Å². The summed E-state index contributed by atoms with van der Waals surface area (Å²) in [6, 6.07) is 10.1. The first-order valence-corrected chi connectivity index (χ1v) is 6.91. The SMILES string of the molecule is CC[C@@H]1CO[C@@H](c2ccccc2)O[C@H]1CCS. The van der Waals surface area contributed by atoms with Crippen molar-refractivity contribution in [1.29, 1.82) is 0 Å². The average Bonchev–Trinajstić information content (AvgIpc) is 2.40. The van der Waals surface area contributed by atoms with E-state index in [0.717, 1.165) is 30.8 Å². The highest BCUT2D eigenvalue weighted by atomic mass is 32.1. The average molecular weight is 252 g/mol. The van der Waals surface area contributed by atoms with Crippen molar-refractivity contribution in [1.82, 2.24) is 0 Å². The molecule has 1 aromatic carbocycles. The summed E-state index contributed by atoms with van der Waals surface area (Å²) in [4.78, 5) is 0. The molecule has 2 rings (SSSR count). The molecule has 0 amide bonds. The van der Waals surface area contributed by atoms with Gasteiger partial charge in [0.15, 0.2) is 6.29 Å². The van der Waals surface area contributed by atoms with Gasteiger partial charge in [-0.15, -0.1) is 0 Å². The first-order valence-electron chi connectivity index (χ1n) is 6.28. The van der Waals surface area contributed by atoms with Crippen molar-refractivity contribution < 1.29 is 9.47 Å². The zero-order valence-corrected chi connectivity index (χ0v) is 11.1. The van der Waals surface area contributed by atoms with E-state index in [9.17, 15) is 0 Å². The molecule has 1 fully saturated rings. The molecule has 0 unspecified atom stereocenters. The van der Waals surface area contributed by atoms with E-state index in [1.165, 1.54) is 0 Å². The summed E-state index contributed by atoms with van der Waals surface area (Å²) in [6.45, 7) is 2.97. The van der Waals surface area contributed by atoms with Crippen LogP contribution in [-0.2, 0) is 9.47 Å². The Labute approximate surface area is 109 Å². The minimum absolute atomic E-state index is 0.205. The molecule has 0 radical (unpaired) electrons. The molecule has 1 aromatic rings. The number of thiol groups is 1. The van der Waals surface area contributed by atoms with Gasteiger partial charge in [0.25, 0.3) is 0 Å². The fourth-order valence-electron chi connectivity index (χ4n) is 2.22. The van der Waals surface area contributed by atoms with E-state index < -0.39 is 0 Å². The zero-order chi connectivity index (χ0) is 12.1. The lowest BCUT2D eigenvalue weighted by molar-refractivity contribution is -0.241. The summed E-state index contributed by atoms with van der Waals surface area (Å²) in [5.74, 6) is 1.37. The zero-order valence-electron chi connectivity index (χ0n) is 10.2. The standard InChI is InChI=1S/C14H20O2S/c1-2-11-10-15-14(16-13(11)8-9-17)12-6-4-3-5-7-12/h3-7,11,13-14,17H,2,8-10H2,1H3/t11-,13+,14-/m1/s1. The molecule has 2 nitrogen and oxygen atoms in total. The quantitative estimate of drug-likeness (QED) is 0.827. The van der Waals surface area contributed by atoms with Gasteiger partial charge >= 0.3 is 0 Å². The predicted octanol–water partition coefficient (Wildman–Crippen LogP) is 3.45. The Morgan fingerprint density at radius 2 is 2.06 bits per heavy atom. The largest absolute Gasteiger partial charge is 0.348 e. The molecule has 3 atom stereocenters. The third-order valence-corrected chi connectivity index (χ3v) is 3.55. The van der Waals surface area contributed by atoms with E-state index in [0.29, 0.717) is 5.92 Å². The fourth-order valence-corrected chi connectivity index (χ4v) is 2.48. The number of rotatable bonds is 4. The first kappa shape index (κ1) is 12.9. The Morgan fingerprint density at radius 1 is 1.29 bits per heavy atom. The summed E-state index contributed by atoms with van der Waals surface area (Å²) >= 11 is 4.31. The molecule has 0 aliphatic carbocycles. The lowest BCUT2D eigenvalue weighted by Crippen LogP contribution is -2.36. The van der Waals surface area contributed by atoms with Crippen molar-refractivity contribution in [3.8, 4) is 0 Å². The molecule has 94 valence electrons. The van der Waals surface area contributed by atoms with Gasteiger partial charge in [-0.25, -0.2) is 0 Å². The molecule has 1 aliphatic heterocycles. The van der Waals surface area contributed by atoms with Gasteiger partial charge < -0.3 is 9.47 Å². The third-order valence-electron chi connectivity index (χ3n) is 3.30. The maximum atomic E-state index is 6.05. The lowest BCUT2D eigenvalue weighted by Gasteiger charge is -2.36. The maximum Gasteiger partial charge on any atom is 0.184 e. The van der Waals surface area contributed by atoms with Gasteiger partial charge in [-0.3, -0.25) is 0 Å². The molecule has 0 bridgehead atoms. The van der Waals surface area contributed by atoms with Crippen molar-refractivity contribution in [2.24, 2.45) is 5.92 Å². The first-order chi connectivity index (χ1) is 8.35. The van der Waals surface area contributed by atoms with Gasteiger partial charge in [0, 0.05) is 11.5 Å². The smallest absolute Gasteiger partial charge is 0.184 e. The van der Waals surface area contributed by atoms with Crippen molar-refractivity contribution in [3.63, 3.8) is 0 Å². The van der Waals surface area contributed by atoms with E-state index >= 15 is 0 Å². The van der Waals surface area contributed by atoms with Crippen LogP contribution in [0, 0.1) is 5.92 Å². The number of benzene rings is 1. The summed E-state index contributed by atoms with van der Waals surface area (Å²) in [6.07, 6.45) is 2.16. The lowest BCUT2D eigenvalue weighted by atomic mass is 9.97. The highest BCUT2D eigenvalue weighted by Gasteiger charge is 2.30. The summed E-state index contributed by atoms with van der Waals surface area (Å²) < 4.78 is 11.8. The highest BCUT2D eigenvalue weighted by molar-refractivity contribution is 7.80. The van der Waals surface area contributed by atoms with Crippen LogP contribution in [0.1, 0.15) is 31.6 Å². The van der Waals surface area contributed by atoms with Crippen LogP contribution in [0.3, 0.4) is 0 Å². The number of hydrogen-bond donors (Lipinski definition) is 1.